The fourth-order valence-corrected chi connectivity index (χ4v) is 1.69. The minimum absolute atomic E-state index is 0.391. The molecule has 15 heavy (non-hydrogen) atoms. The van der Waals surface area contributed by atoms with Crippen molar-refractivity contribution in [3.63, 3.8) is 0 Å². The summed E-state index contributed by atoms with van der Waals surface area (Å²) in [6.45, 7) is 2.00. The number of aromatic nitrogens is 3. The van der Waals surface area contributed by atoms with Crippen LogP contribution in [-0.2, 0) is 0 Å². The standard InChI is InChI=1S/C10H8ClN3S/c1-6-2-3-12-5-8(6)7-4-9(11)13-14-10(7)15/h2-5H,1H3,(H,14,15). The fraction of sp³-hybridized carbons (Fsp3) is 0.100. The van der Waals surface area contributed by atoms with Gasteiger partial charge in [0.25, 0.3) is 0 Å². The number of hydrogen-bond donors (Lipinski definition) is 1. The molecule has 2 aromatic heterocycles. The molecule has 0 aromatic carbocycles. The Morgan fingerprint density at radius 2 is 2.20 bits per heavy atom. The third-order valence-corrected chi connectivity index (χ3v) is 2.61. The van der Waals surface area contributed by atoms with Crippen LogP contribution in [-0.4, -0.2) is 15.2 Å². The lowest BCUT2D eigenvalue weighted by Gasteiger charge is -2.04. The molecule has 0 saturated carbocycles. The number of hydrogen-bond acceptors (Lipinski definition) is 3. The number of rotatable bonds is 1. The third kappa shape index (κ3) is 2.06. The van der Waals surface area contributed by atoms with Crippen molar-refractivity contribution < 1.29 is 0 Å². The van der Waals surface area contributed by atoms with Gasteiger partial charge in [0.2, 0.25) is 0 Å². The van der Waals surface area contributed by atoms with Crippen LogP contribution >= 0.6 is 23.8 Å². The van der Waals surface area contributed by atoms with Crippen LogP contribution in [0.5, 0.6) is 0 Å². The van der Waals surface area contributed by atoms with E-state index in [9.17, 15) is 0 Å². The van der Waals surface area contributed by atoms with Gasteiger partial charge >= 0.3 is 0 Å². The Morgan fingerprint density at radius 3 is 2.93 bits per heavy atom. The summed E-state index contributed by atoms with van der Waals surface area (Å²) in [5.74, 6) is 0. The van der Waals surface area contributed by atoms with Gasteiger partial charge in [0.15, 0.2) is 0 Å². The summed E-state index contributed by atoms with van der Waals surface area (Å²) >= 11 is 11.0. The molecule has 2 rings (SSSR count). The van der Waals surface area contributed by atoms with Crippen molar-refractivity contribution in [2.75, 3.05) is 0 Å². The molecule has 2 aromatic rings. The van der Waals surface area contributed by atoms with Gasteiger partial charge in [-0.1, -0.05) is 23.8 Å². The highest BCUT2D eigenvalue weighted by Crippen LogP contribution is 2.23. The van der Waals surface area contributed by atoms with Crippen LogP contribution in [0.15, 0.2) is 24.5 Å². The highest BCUT2D eigenvalue weighted by atomic mass is 35.5. The van der Waals surface area contributed by atoms with E-state index >= 15 is 0 Å². The van der Waals surface area contributed by atoms with Gasteiger partial charge in [-0.3, -0.25) is 10.1 Å². The first kappa shape index (κ1) is 10.3. The van der Waals surface area contributed by atoms with Crippen molar-refractivity contribution >= 4 is 23.8 Å². The molecule has 0 fully saturated rings. The van der Waals surface area contributed by atoms with E-state index in [1.54, 1.807) is 18.5 Å². The maximum absolute atomic E-state index is 5.81. The Hall–Kier alpha value is -1.26. The normalized spacial score (nSPS) is 10.3. The molecule has 5 heteroatoms. The molecule has 1 N–H and O–H groups in total. The highest BCUT2D eigenvalue weighted by Gasteiger charge is 2.05. The van der Waals surface area contributed by atoms with Crippen molar-refractivity contribution in [1.82, 2.24) is 15.2 Å². The van der Waals surface area contributed by atoms with Gasteiger partial charge in [-0.2, -0.15) is 5.10 Å². The summed E-state index contributed by atoms with van der Waals surface area (Å²) < 4.78 is 0.565. The van der Waals surface area contributed by atoms with Crippen LogP contribution in [0.25, 0.3) is 11.1 Å². The van der Waals surface area contributed by atoms with E-state index in [4.69, 9.17) is 23.8 Å². The number of nitrogens with zero attached hydrogens (tertiary/aromatic N) is 2. The zero-order valence-electron chi connectivity index (χ0n) is 7.99. The zero-order chi connectivity index (χ0) is 10.8. The van der Waals surface area contributed by atoms with Crippen LogP contribution in [0.4, 0.5) is 0 Å². The second-order valence-electron chi connectivity index (χ2n) is 3.12. The summed E-state index contributed by atoms with van der Waals surface area (Å²) in [7, 11) is 0. The summed E-state index contributed by atoms with van der Waals surface area (Å²) in [5.41, 5.74) is 2.94. The fourth-order valence-electron chi connectivity index (χ4n) is 1.33. The number of aromatic amines is 1. The molecular weight excluding hydrogens is 230 g/mol. The maximum atomic E-state index is 5.81. The summed E-state index contributed by atoms with van der Waals surface area (Å²) in [6, 6.07) is 3.67. The Kier molecular flexibility index (Phi) is 2.79. The van der Waals surface area contributed by atoms with E-state index in [2.05, 4.69) is 15.2 Å². The molecule has 0 unspecified atom stereocenters. The molecule has 0 bridgehead atoms. The van der Waals surface area contributed by atoms with Crippen molar-refractivity contribution in [1.29, 1.82) is 0 Å². The van der Waals surface area contributed by atoms with Crippen LogP contribution in [0, 0.1) is 11.6 Å². The highest BCUT2D eigenvalue weighted by molar-refractivity contribution is 7.71. The number of nitrogens with one attached hydrogen (secondary N) is 1. The predicted octanol–water partition coefficient (Wildman–Crippen LogP) is 3.16. The number of H-pyrrole nitrogens is 1. The van der Waals surface area contributed by atoms with Crippen molar-refractivity contribution in [3.8, 4) is 11.1 Å². The van der Waals surface area contributed by atoms with E-state index in [0.717, 1.165) is 16.7 Å². The van der Waals surface area contributed by atoms with Crippen LogP contribution in [0.2, 0.25) is 5.15 Å². The Morgan fingerprint density at radius 1 is 1.40 bits per heavy atom. The van der Waals surface area contributed by atoms with Gasteiger partial charge in [0, 0.05) is 23.5 Å². The molecule has 0 atom stereocenters. The number of pyridine rings is 1. The van der Waals surface area contributed by atoms with E-state index < -0.39 is 0 Å². The molecule has 0 saturated heterocycles. The van der Waals surface area contributed by atoms with Crippen molar-refractivity contribution in [3.05, 3.63) is 39.9 Å². The SMILES string of the molecule is Cc1ccncc1-c1cc(Cl)n[nH]c1=S. The van der Waals surface area contributed by atoms with E-state index in [1.807, 2.05) is 13.0 Å². The Labute approximate surface area is 97.1 Å². The molecular formula is C10H8ClN3S. The Bertz CT molecular complexity index is 550. The summed E-state index contributed by atoms with van der Waals surface area (Å²) in [4.78, 5) is 4.07. The smallest absolute Gasteiger partial charge is 0.150 e. The van der Waals surface area contributed by atoms with Gasteiger partial charge in [0.1, 0.15) is 9.79 Å². The van der Waals surface area contributed by atoms with Crippen LogP contribution < -0.4 is 0 Å². The van der Waals surface area contributed by atoms with Crippen molar-refractivity contribution in [2.24, 2.45) is 0 Å². The summed E-state index contributed by atoms with van der Waals surface area (Å²) in [6.07, 6.45) is 3.51. The molecule has 0 aliphatic carbocycles. The maximum Gasteiger partial charge on any atom is 0.150 e. The van der Waals surface area contributed by atoms with Crippen LogP contribution in [0.3, 0.4) is 0 Å². The quantitative estimate of drug-likeness (QED) is 0.775. The van der Waals surface area contributed by atoms with E-state index in [0.29, 0.717) is 9.79 Å². The number of halogens is 1. The average molecular weight is 238 g/mol. The van der Waals surface area contributed by atoms with E-state index in [1.165, 1.54) is 0 Å². The zero-order valence-corrected chi connectivity index (χ0v) is 9.56. The molecule has 0 aliphatic rings. The average Bonchev–Trinajstić information content (AvgIpc) is 2.23. The molecule has 0 radical (unpaired) electrons. The minimum Gasteiger partial charge on any atom is -0.266 e. The molecule has 0 amide bonds. The largest absolute Gasteiger partial charge is 0.266 e. The monoisotopic (exact) mass is 237 g/mol. The lowest BCUT2D eigenvalue weighted by atomic mass is 10.1. The molecule has 0 aliphatic heterocycles. The topological polar surface area (TPSA) is 41.6 Å². The van der Waals surface area contributed by atoms with Gasteiger partial charge in [-0.15, -0.1) is 0 Å². The lowest BCUT2D eigenvalue weighted by molar-refractivity contribution is 1.02. The summed E-state index contributed by atoms with van der Waals surface area (Å²) in [5, 5.41) is 6.90. The predicted molar refractivity (Wildman–Crippen MR) is 62.4 cm³/mol. The molecule has 0 spiro atoms. The first-order valence-corrected chi connectivity index (χ1v) is 5.13. The van der Waals surface area contributed by atoms with E-state index in [-0.39, 0.29) is 0 Å². The van der Waals surface area contributed by atoms with Gasteiger partial charge in [-0.25, -0.2) is 0 Å². The third-order valence-electron chi connectivity index (χ3n) is 2.10. The lowest BCUT2D eigenvalue weighted by Crippen LogP contribution is -1.90. The van der Waals surface area contributed by atoms with Gasteiger partial charge < -0.3 is 0 Å². The molecule has 3 nitrogen and oxygen atoms in total. The van der Waals surface area contributed by atoms with Crippen molar-refractivity contribution in [2.45, 2.75) is 6.92 Å². The van der Waals surface area contributed by atoms with Gasteiger partial charge in [0.05, 0.1) is 0 Å². The molecule has 76 valence electrons. The first-order chi connectivity index (χ1) is 7.18. The van der Waals surface area contributed by atoms with Gasteiger partial charge in [-0.05, 0) is 24.6 Å². The minimum atomic E-state index is 0.391. The molecule has 2 heterocycles. The second-order valence-corrected chi connectivity index (χ2v) is 3.92. The Balaban J connectivity index is 2.69. The second kappa shape index (κ2) is 4.08. The first-order valence-electron chi connectivity index (χ1n) is 4.34. The number of aryl methyl sites for hydroxylation is 1. The van der Waals surface area contributed by atoms with Crippen LogP contribution in [0.1, 0.15) is 5.56 Å².